The van der Waals surface area contributed by atoms with Crippen molar-refractivity contribution in [1.29, 1.82) is 0 Å². The first-order valence-electron chi connectivity index (χ1n) is 4.91. The van der Waals surface area contributed by atoms with Crippen molar-refractivity contribution in [3.8, 4) is 0 Å². The Bertz CT molecular complexity index is 306. The molecule has 0 amide bonds. The van der Waals surface area contributed by atoms with Crippen molar-refractivity contribution in [2.75, 3.05) is 23.3 Å². The summed E-state index contributed by atoms with van der Waals surface area (Å²) in [6.07, 6.45) is 3.29. The van der Waals surface area contributed by atoms with E-state index in [0.29, 0.717) is 5.95 Å². The molecule has 0 atom stereocenters. The van der Waals surface area contributed by atoms with E-state index >= 15 is 0 Å². The highest BCUT2D eigenvalue weighted by atomic mass is 16.5. The van der Waals surface area contributed by atoms with Crippen LogP contribution in [-0.4, -0.2) is 16.5 Å². The third kappa shape index (κ3) is 3.12. The van der Waals surface area contributed by atoms with Crippen LogP contribution in [-0.2, 0) is 0 Å². The van der Waals surface area contributed by atoms with Gasteiger partial charge in [0.1, 0.15) is 0 Å². The summed E-state index contributed by atoms with van der Waals surface area (Å²) in [6.45, 7) is 2.87. The number of nitrogens with two attached hydrogens (primary N) is 2. The van der Waals surface area contributed by atoms with Crippen molar-refractivity contribution in [2.24, 2.45) is 0 Å². The first kappa shape index (κ1) is 11.3. The zero-order valence-electron chi connectivity index (χ0n) is 8.73. The fourth-order valence-electron chi connectivity index (χ4n) is 1.10. The lowest BCUT2D eigenvalue weighted by atomic mass is 10.2. The molecule has 1 rings (SSSR count). The Balaban J connectivity index is 2.55. The Kier molecular flexibility index (Phi) is 3.90. The zero-order chi connectivity index (χ0) is 11.3. The summed E-state index contributed by atoms with van der Waals surface area (Å²) in [4.78, 5) is 7.51. The van der Waals surface area contributed by atoms with Crippen molar-refractivity contribution in [3.05, 3.63) is 5.21 Å². The summed E-state index contributed by atoms with van der Waals surface area (Å²) in [6, 6.07) is 0. The van der Waals surface area contributed by atoms with Gasteiger partial charge in [0.05, 0.1) is 0 Å². The lowest BCUT2D eigenvalue weighted by Gasteiger charge is -2.09. The van der Waals surface area contributed by atoms with Gasteiger partial charge in [-0.3, -0.25) is 0 Å². The van der Waals surface area contributed by atoms with Crippen molar-refractivity contribution in [1.82, 2.24) is 9.97 Å². The highest BCUT2D eigenvalue weighted by Crippen LogP contribution is 2.02. The molecule has 0 spiro atoms. The molecule has 0 bridgehead atoms. The molecule has 0 aliphatic heterocycles. The van der Waals surface area contributed by atoms with Gasteiger partial charge < -0.3 is 22.0 Å². The van der Waals surface area contributed by atoms with E-state index in [1.54, 1.807) is 0 Å². The minimum Gasteiger partial charge on any atom is -0.762 e. The van der Waals surface area contributed by atoms with E-state index in [2.05, 4.69) is 22.2 Å². The van der Waals surface area contributed by atoms with Gasteiger partial charge in [-0.1, -0.05) is 29.7 Å². The van der Waals surface area contributed by atoms with E-state index in [9.17, 15) is 5.21 Å². The fourth-order valence-corrected chi connectivity index (χ4v) is 1.10. The van der Waals surface area contributed by atoms with Crippen LogP contribution in [0.1, 0.15) is 26.2 Å². The molecule has 1 heterocycles. The largest absolute Gasteiger partial charge is 0.762 e. The monoisotopic (exact) mass is 212 g/mol. The van der Waals surface area contributed by atoms with E-state index in [1.165, 1.54) is 0 Å². The topological polar surface area (TPSA) is 117 Å². The number of unbranched alkanes of at least 4 members (excludes halogenated alkanes) is 2. The number of hydrogen-bond acceptors (Lipinski definition) is 6. The number of nitrogens with one attached hydrogen (secondary N) is 1. The molecule has 0 aliphatic carbocycles. The number of aromatic nitrogens is 3. The third-order valence-electron chi connectivity index (χ3n) is 1.92. The molecule has 15 heavy (non-hydrogen) atoms. The van der Waals surface area contributed by atoms with Crippen LogP contribution in [0.5, 0.6) is 0 Å². The van der Waals surface area contributed by atoms with Crippen LogP contribution in [0, 0.1) is 5.21 Å². The Morgan fingerprint density at radius 3 is 2.40 bits per heavy atom. The molecule has 7 nitrogen and oxygen atoms in total. The molecular formula is C8H16N6O. The number of nitrogen functional groups attached to an aromatic ring is 2. The van der Waals surface area contributed by atoms with Gasteiger partial charge in [0.15, 0.2) is 0 Å². The first-order valence-corrected chi connectivity index (χ1v) is 4.91. The summed E-state index contributed by atoms with van der Waals surface area (Å²) in [5.74, 6) is -0.0887. The molecule has 0 saturated heterocycles. The first-order chi connectivity index (χ1) is 7.15. The minimum absolute atomic E-state index is 0.194. The van der Waals surface area contributed by atoms with Crippen molar-refractivity contribution >= 4 is 17.8 Å². The average Bonchev–Trinajstić information content (AvgIpc) is 2.21. The smallest absolute Gasteiger partial charge is 0.321 e. The van der Waals surface area contributed by atoms with Gasteiger partial charge in [-0.2, -0.15) is 0 Å². The molecule has 0 radical (unpaired) electrons. The van der Waals surface area contributed by atoms with Crippen molar-refractivity contribution in [3.63, 3.8) is 0 Å². The Hall–Kier alpha value is -1.79. The van der Waals surface area contributed by atoms with Crippen LogP contribution in [0.25, 0.3) is 0 Å². The molecular weight excluding hydrogens is 196 g/mol. The maximum Gasteiger partial charge on any atom is 0.321 e. The SMILES string of the molecule is CCCCCNc1nc(N)[n+]([O-])c(N)n1. The molecule has 1 aromatic rings. The maximum atomic E-state index is 11.0. The molecule has 0 aliphatic rings. The number of rotatable bonds is 5. The predicted octanol–water partition coefficient (Wildman–Crippen LogP) is -0.123. The van der Waals surface area contributed by atoms with Gasteiger partial charge >= 0.3 is 17.8 Å². The molecule has 0 unspecified atom stereocenters. The van der Waals surface area contributed by atoms with Gasteiger partial charge in [0.2, 0.25) is 0 Å². The van der Waals surface area contributed by atoms with E-state index in [-0.39, 0.29) is 16.6 Å². The highest BCUT2D eigenvalue weighted by molar-refractivity contribution is 5.31. The molecule has 5 N–H and O–H groups in total. The van der Waals surface area contributed by atoms with Crippen LogP contribution in [0.15, 0.2) is 0 Å². The summed E-state index contributed by atoms with van der Waals surface area (Å²) < 4.78 is 0.289. The molecule has 7 heteroatoms. The number of anilines is 3. The molecule has 0 fully saturated rings. The van der Waals surface area contributed by atoms with Crippen LogP contribution in [0.3, 0.4) is 0 Å². The minimum atomic E-state index is -0.194. The van der Waals surface area contributed by atoms with Crippen LogP contribution in [0.4, 0.5) is 17.8 Å². The van der Waals surface area contributed by atoms with Gasteiger partial charge in [0, 0.05) is 6.54 Å². The molecule has 0 aromatic carbocycles. The second kappa shape index (κ2) is 5.18. The van der Waals surface area contributed by atoms with Gasteiger partial charge in [-0.05, 0) is 6.42 Å². The lowest BCUT2D eigenvalue weighted by Crippen LogP contribution is -2.37. The normalized spacial score (nSPS) is 10.2. The van der Waals surface area contributed by atoms with Crippen molar-refractivity contribution in [2.45, 2.75) is 26.2 Å². The Morgan fingerprint density at radius 2 is 1.87 bits per heavy atom. The van der Waals surface area contributed by atoms with Crippen LogP contribution < -0.4 is 21.5 Å². The second-order valence-electron chi connectivity index (χ2n) is 3.19. The predicted molar refractivity (Wildman–Crippen MR) is 57.8 cm³/mol. The fraction of sp³-hybridized carbons (Fsp3) is 0.625. The average molecular weight is 212 g/mol. The quantitative estimate of drug-likeness (QED) is 0.356. The van der Waals surface area contributed by atoms with Crippen LogP contribution >= 0.6 is 0 Å². The van der Waals surface area contributed by atoms with Gasteiger partial charge in [-0.15, -0.1) is 0 Å². The lowest BCUT2D eigenvalue weighted by molar-refractivity contribution is -0.579. The second-order valence-corrected chi connectivity index (χ2v) is 3.19. The Labute approximate surface area is 88.1 Å². The van der Waals surface area contributed by atoms with E-state index < -0.39 is 0 Å². The summed E-state index contributed by atoms with van der Waals surface area (Å²) >= 11 is 0. The van der Waals surface area contributed by atoms with E-state index in [0.717, 1.165) is 25.8 Å². The Morgan fingerprint density at radius 1 is 1.27 bits per heavy atom. The van der Waals surface area contributed by atoms with E-state index in [1.807, 2.05) is 0 Å². The summed E-state index contributed by atoms with van der Waals surface area (Å²) in [5.41, 5.74) is 10.7. The zero-order valence-corrected chi connectivity index (χ0v) is 8.73. The van der Waals surface area contributed by atoms with Crippen LogP contribution in [0.2, 0.25) is 0 Å². The highest BCUT2D eigenvalue weighted by Gasteiger charge is 2.08. The molecule has 0 saturated carbocycles. The summed E-state index contributed by atoms with van der Waals surface area (Å²) in [5, 5.41) is 14.0. The third-order valence-corrected chi connectivity index (χ3v) is 1.92. The molecule has 1 aromatic heterocycles. The number of nitrogens with zero attached hydrogens (tertiary/aromatic N) is 3. The van der Waals surface area contributed by atoms with E-state index in [4.69, 9.17) is 11.5 Å². The maximum absolute atomic E-state index is 11.0. The summed E-state index contributed by atoms with van der Waals surface area (Å²) in [7, 11) is 0. The standard InChI is InChI=1S/C8H16N6O/c1-2-3-4-5-11-8-12-6(9)14(15)7(10)13-8/h2-5H2,1H3,(H5,9,10,11,12,13). The van der Waals surface area contributed by atoms with Gasteiger partial charge in [-0.25, -0.2) is 4.73 Å². The number of hydrogen-bond donors (Lipinski definition) is 3. The molecule has 84 valence electrons. The van der Waals surface area contributed by atoms with Gasteiger partial charge in [0.25, 0.3) is 0 Å². The van der Waals surface area contributed by atoms with Crippen molar-refractivity contribution < 1.29 is 4.73 Å².